The van der Waals surface area contributed by atoms with Gasteiger partial charge in [-0.2, -0.15) is 0 Å². The van der Waals surface area contributed by atoms with Gasteiger partial charge in [0.05, 0.1) is 5.51 Å². The lowest BCUT2D eigenvalue weighted by Crippen LogP contribution is -2.27. The van der Waals surface area contributed by atoms with E-state index in [1.54, 1.807) is 11.3 Å². The summed E-state index contributed by atoms with van der Waals surface area (Å²) in [7, 11) is 0. The highest BCUT2D eigenvalue weighted by atomic mass is 32.1. The Bertz CT molecular complexity index is 289. The van der Waals surface area contributed by atoms with Crippen LogP contribution in [0.5, 0.6) is 0 Å². The Labute approximate surface area is 102 Å². The second-order valence-electron chi connectivity index (χ2n) is 5.16. The maximum Gasteiger partial charge on any atom is 0.0794 e. The number of aromatic nitrogens is 1. The van der Waals surface area contributed by atoms with Crippen LogP contribution in [0, 0.1) is 11.8 Å². The molecule has 0 radical (unpaired) electrons. The van der Waals surface area contributed by atoms with E-state index in [2.05, 4.69) is 24.1 Å². The molecule has 16 heavy (non-hydrogen) atoms. The van der Waals surface area contributed by atoms with Gasteiger partial charge in [0.15, 0.2) is 0 Å². The third-order valence-electron chi connectivity index (χ3n) is 3.73. The number of hydrogen-bond acceptors (Lipinski definition) is 3. The quantitative estimate of drug-likeness (QED) is 0.866. The number of nitrogens with one attached hydrogen (secondary N) is 1. The smallest absolute Gasteiger partial charge is 0.0794 e. The zero-order valence-corrected chi connectivity index (χ0v) is 11.1. The van der Waals surface area contributed by atoms with E-state index in [4.69, 9.17) is 0 Å². The summed E-state index contributed by atoms with van der Waals surface area (Å²) in [6.45, 7) is 5.79. The van der Waals surface area contributed by atoms with Gasteiger partial charge in [-0.25, -0.2) is 0 Å². The van der Waals surface area contributed by atoms with E-state index in [-0.39, 0.29) is 0 Å². The lowest BCUT2D eigenvalue weighted by atomic mass is 9.83. The molecular weight excluding hydrogens is 216 g/mol. The van der Waals surface area contributed by atoms with Gasteiger partial charge >= 0.3 is 0 Å². The standard InChI is InChI=1S/C13H22N2S/c1-10-3-5-12(6-4-10)7-15-11(2)13-8-14-9-16-13/h8-12,15H,3-7H2,1-2H3. The Kier molecular flexibility index (Phi) is 4.36. The lowest BCUT2D eigenvalue weighted by Gasteiger charge is -2.27. The van der Waals surface area contributed by atoms with Crippen LogP contribution in [0.25, 0.3) is 0 Å². The summed E-state index contributed by atoms with van der Waals surface area (Å²) in [5, 5.41) is 3.64. The van der Waals surface area contributed by atoms with Crippen molar-refractivity contribution >= 4 is 11.3 Å². The molecule has 0 spiro atoms. The number of thiazole rings is 1. The van der Waals surface area contributed by atoms with E-state index in [0.717, 1.165) is 11.8 Å². The Morgan fingerprint density at radius 1 is 1.44 bits per heavy atom. The van der Waals surface area contributed by atoms with Crippen LogP contribution in [0.2, 0.25) is 0 Å². The summed E-state index contributed by atoms with van der Waals surface area (Å²) in [5.74, 6) is 1.85. The molecule has 2 rings (SSSR count). The van der Waals surface area contributed by atoms with Gasteiger partial charge in [0.25, 0.3) is 0 Å². The first-order valence-electron chi connectivity index (χ1n) is 6.37. The normalized spacial score (nSPS) is 27.9. The third kappa shape index (κ3) is 3.29. The largest absolute Gasteiger partial charge is 0.309 e. The van der Waals surface area contributed by atoms with Crippen molar-refractivity contribution in [1.29, 1.82) is 0 Å². The molecule has 1 fully saturated rings. The van der Waals surface area contributed by atoms with Crippen molar-refractivity contribution in [3.63, 3.8) is 0 Å². The highest BCUT2D eigenvalue weighted by molar-refractivity contribution is 7.09. The molecule has 1 aromatic heterocycles. The van der Waals surface area contributed by atoms with Gasteiger partial charge < -0.3 is 5.32 Å². The summed E-state index contributed by atoms with van der Waals surface area (Å²) in [6.07, 6.45) is 7.63. The van der Waals surface area contributed by atoms with E-state index < -0.39 is 0 Å². The van der Waals surface area contributed by atoms with Gasteiger partial charge in [-0.1, -0.05) is 19.8 Å². The molecule has 1 aliphatic rings. The molecule has 0 bridgehead atoms. The van der Waals surface area contributed by atoms with Gasteiger partial charge in [0.2, 0.25) is 0 Å². The van der Waals surface area contributed by atoms with Gasteiger partial charge in [0.1, 0.15) is 0 Å². The van der Waals surface area contributed by atoms with Crippen LogP contribution >= 0.6 is 11.3 Å². The summed E-state index contributed by atoms with van der Waals surface area (Å²) in [5.41, 5.74) is 1.91. The molecule has 1 N–H and O–H groups in total. The second kappa shape index (κ2) is 5.78. The molecule has 0 aromatic carbocycles. The van der Waals surface area contributed by atoms with E-state index in [1.807, 2.05) is 11.7 Å². The molecule has 2 nitrogen and oxygen atoms in total. The average molecular weight is 238 g/mol. The SMILES string of the molecule is CC1CCC(CNC(C)c2cncs2)CC1. The van der Waals surface area contributed by atoms with E-state index in [9.17, 15) is 0 Å². The van der Waals surface area contributed by atoms with Crippen molar-refractivity contribution in [1.82, 2.24) is 10.3 Å². The highest BCUT2D eigenvalue weighted by Gasteiger charge is 2.18. The fraction of sp³-hybridized carbons (Fsp3) is 0.769. The summed E-state index contributed by atoms with van der Waals surface area (Å²) >= 11 is 1.74. The molecule has 1 aromatic rings. The fourth-order valence-electron chi connectivity index (χ4n) is 2.42. The van der Waals surface area contributed by atoms with E-state index in [1.165, 1.54) is 37.1 Å². The molecule has 0 amide bonds. The predicted molar refractivity (Wildman–Crippen MR) is 69.7 cm³/mol. The summed E-state index contributed by atoms with van der Waals surface area (Å²) in [6, 6.07) is 0.465. The van der Waals surface area contributed by atoms with Crippen LogP contribution < -0.4 is 5.32 Å². The number of nitrogens with zero attached hydrogens (tertiary/aromatic N) is 1. The van der Waals surface area contributed by atoms with Crippen molar-refractivity contribution in [2.24, 2.45) is 11.8 Å². The Hall–Kier alpha value is -0.410. The van der Waals surface area contributed by atoms with Crippen molar-refractivity contribution < 1.29 is 0 Å². The number of rotatable bonds is 4. The van der Waals surface area contributed by atoms with Gasteiger partial charge in [0, 0.05) is 17.1 Å². The van der Waals surface area contributed by atoms with Gasteiger partial charge in [-0.3, -0.25) is 4.98 Å². The van der Waals surface area contributed by atoms with Crippen LogP contribution in [0.15, 0.2) is 11.7 Å². The first kappa shape index (κ1) is 12.1. The maximum absolute atomic E-state index is 4.13. The first-order chi connectivity index (χ1) is 7.75. The first-order valence-corrected chi connectivity index (χ1v) is 7.25. The van der Waals surface area contributed by atoms with Gasteiger partial charge in [-0.05, 0) is 38.1 Å². The molecule has 0 aliphatic heterocycles. The third-order valence-corrected chi connectivity index (χ3v) is 4.68. The molecule has 0 saturated heterocycles. The van der Waals surface area contributed by atoms with Gasteiger partial charge in [-0.15, -0.1) is 11.3 Å². The highest BCUT2D eigenvalue weighted by Crippen LogP contribution is 2.28. The Balaban J connectivity index is 1.71. The second-order valence-corrected chi connectivity index (χ2v) is 6.08. The van der Waals surface area contributed by atoms with Crippen molar-refractivity contribution in [2.75, 3.05) is 6.54 Å². The molecule has 1 unspecified atom stereocenters. The van der Waals surface area contributed by atoms with Crippen molar-refractivity contribution in [3.05, 3.63) is 16.6 Å². The Morgan fingerprint density at radius 3 is 2.81 bits per heavy atom. The Morgan fingerprint density at radius 2 is 2.19 bits per heavy atom. The summed E-state index contributed by atoms with van der Waals surface area (Å²) in [4.78, 5) is 5.48. The monoisotopic (exact) mass is 238 g/mol. The maximum atomic E-state index is 4.13. The topological polar surface area (TPSA) is 24.9 Å². The van der Waals surface area contributed by atoms with E-state index in [0.29, 0.717) is 6.04 Å². The predicted octanol–water partition coefficient (Wildman–Crippen LogP) is 3.62. The van der Waals surface area contributed by atoms with Crippen LogP contribution in [-0.2, 0) is 0 Å². The lowest BCUT2D eigenvalue weighted by molar-refractivity contribution is 0.276. The molecular formula is C13H22N2S. The minimum atomic E-state index is 0.465. The average Bonchev–Trinajstić information content (AvgIpc) is 2.81. The zero-order chi connectivity index (χ0) is 11.4. The molecule has 1 saturated carbocycles. The van der Waals surface area contributed by atoms with Crippen LogP contribution in [0.1, 0.15) is 50.4 Å². The summed E-state index contributed by atoms with van der Waals surface area (Å²) < 4.78 is 0. The zero-order valence-electron chi connectivity index (χ0n) is 10.3. The molecule has 90 valence electrons. The number of hydrogen-bond donors (Lipinski definition) is 1. The van der Waals surface area contributed by atoms with Crippen LogP contribution in [-0.4, -0.2) is 11.5 Å². The molecule has 1 atom stereocenters. The minimum Gasteiger partial charge on any atom is -0.309 e. The molecule has 1 aliphatic carbocycles. The minimum absolute atomic E-state index is 0.465. The van der Waals surface area contributed by atoms with Crippen molar-refractivity contribution in [3.8, 4) is 0 Å². The van der Waals surface area contributed by atoms with Crippen molar-refractivity contribution in [2.45, 2.75) is 45.6 Å². The molecule has 1 heterocycles. The molecule has 3 heteroatoms. The van der Waals surface area contributed by atoms with E-state index >= 15 is 0 Å². The van der Waals surface area contributed by atoms with Crippen LogP contribution in [0.4, 0.5) is 0 Å². The fourth-order valence-corrected chi connectivity index (χ4v) is 3.07. The van der Waals surface area contributed by atoms with Crippen LogP contribution in [0.3, 0.4) is 0 Å².